The second-order valence-corrected chi connectivity index (χ2v) is 10.6. The van der Waals surface area contributed by atoms with E-state index >= 15 is 0 Å². The quantitative estimate of drug-likeness (QED) is 0.232. The number of nitrogens with zero attached hydrogens (tertiary/aromatic N) is 2. The average Bonchev–Trinajstić information content (AvgIpc) is 3.70. The van der Waals surface area contributed by atoms with Crippen molar-refractivity contribution in [2.75, 3.05) is 19.7 Å². The van der Waals surface area contributed by atoms with E-state index in [9.17, 15) is 9.59 Å². The van der Waals surface area contributed by atoms with Gasteiger partial charge in [-0.25, -0.2) is 0 Å². The van der Waals surface area contributed by atoms with Crippen molar-refractivity contribution >= 4 is 38.6 Å². The summed E-state index contributed by atoms with van der Waals surface area (Å²) in [7, 11) is 0. The number of benzene rings is 3. The molecule has 5 rings (SSSR count). The first-order valence-corrected chi connectivity index (χ1v) is 13.9. The lowest BCUT2D eigenvalue weighted by Crippen LogP contribution is -2.44. The van der Waals surface area contributed by atoms with Crippen molar-refractivity contribution in [2.45, 2.75) is 38.8 Å². The number of hydrogen-bond acceptors (Lipinski definition) is 3. The van der Waals surface area contributed by atoms with Gasteiger partial charge in [0.25, 0.3) is 5.91 Å². The third-order valence-electron chi connectivity index (χ3n) is 6.93. The van der Waals surface area contributed by atoms with Crippen LogP contribution in [-0.2, 0) is 17.8 Å². The molecule has 196 valence electrons. The van der Waals surface area contributed by atoms with Gasteiger partial charge in [-0.05, 0) is 79.8 Å². The van der Waals surface area contributed by atoms with Crippen molar-refractivity contribution in [2.24, 2.45) is 0 Å². The third kappa shape index (κ3) is 6.27. The summed E-state index contributed by atoms with van der Waals surface area (Å²) in [6.07, 6.45) is 4.61. The average molecular weight is 575 g/mol. The fourth-order valence-electron chi connectivity index (χ4n) is 4.72. The smallest absolute Gasteiger partial charge is 0.254 e. The Morgan fingerprint density at radius 3 is 2.45 bits per heavy atom. The Hall–Kier alpha value is -3.58. The number of halogens is 1. The number of rotatable bonds is 11. The maximum atomic E-state index is 13.8. The second kappa shape index (κ2) is 11.9. The molecular weight excluding hydrogens is 542 g/mol. The van der Waals surface area contributed by atoms with E-state index in [1.54, 1.807) is 17.0 Å². The van der Waals surface area contributed by atoms with Gasteiger partial charge < -0.3 is 19.5 Å². The molecule has 1 aliphatic carbocycles. The number of amides is 2. The zero-order valence-corrected chi connectivity index (χ0v) is 23.1. The molecular formula is C31H32BrN3O3. The summed E-state index contributed by atoms with van der Waals surface area (Å²) in [4.78, 5) is 34.1. The predicted octanol–water partition coefficient (Wildman–Crippen LogP) is 6.21. The zero-order chi connectivity index (χ0) is 26.5. The lowest BCUT2D eigenvalue weighted by molar-refractivity contribution is -0.132. The molecule has 0 aliphatic heterocycles. The molecule has 6 nitrogen and oxygen atoms in total. The predicted molar refractivity (Wildman–Crippen MR) is 153 cm³/mol. The van der Waals surface area contributed by atoms with Gasteiger partial charge in [-0.15, -0.1) is 0 Å². The Kier molecular flexibility index (Phi) is 8.13. The van der Waals surface area contributed by atoms with E-state index in [0.29, 0.717) is 25.3 Å². The first-order valence-electron chi connectivity index (χ1n) is 13.1. The molecule has 0 spiro atoms. The number of fused-ring (bicyclic) bond motifs is 1. The van der Waals surface area contributed by atoms with Crippen molar-refractivity contribution in [1.29, 1.82) is 0 Å². The van der Waals surface area contributed by atoms with E-state index in [-0.39, 0.29) is 24.4 Å². The van der Waals surface area contributed by atoms with Crippen LogP contribution < -0.4 is 4.74 Å². The monoisotopic (exact) mass is 573 g/mol. The molecule has 0 radical (unpaired) electrons. The number of para-hydroxylation sites is 1. The van der Waals surface area contributed by atoms with Crippen LogP contribution in [0.15, 0.2) is 83.5 Å². The lowest BCUT2D eigenvalue weighted by Gasteiger charge is -2.28. The van der Waals surface area contributed by atoms with E-state index < -0.39 is 0 Å². The third-order valence-corrected chi connectivity index (χ3v) is 7.46. The zero-order valence-electron chi connectivity index (χ0n) is 21.5. The highest BCUT2D eigenvalue weighted by Gasteiger charge is 2.35. The molecule has 3 aromatic carbocycles. The lowest BCUT2D eigenvalue weighted by atomic mass is 10.1. The maximum Gasteiger partial charge on any atom is 0.254 e. The number of nitrogens with one attached hydrogen (secondary N) is 1. The maximum absolute atomic E-state index is 13.8. The summed E-state index contributed by atoms with van der Waals surface area (Å²) in [5, 5.41) is 1.17. The molecule has 2 amide bonds. The van der Waals surface area contributed by atoms with Gasteiger partial charge in [0.2, 0.25) is 5.91 Å². The SMILES string of the molecule is CCOc1ccc(CN(CCc2c[nH]c3ccccc23)C(=O)CN(C(=O)c2ccc(Br)cc2)C2CC2)cc1. The van der Waals surface area contributed by atoms with Crippen molar-refractivity contribution in [3.63, 3.8) is 0 Å². The van der Waals surface area contributed by atoms with E-state index in [2.05, 4.69) is 33.0 Å². The highest BCUT2D eigenvalue weighted by molar-refractivity contribution is 9.10. The molecule has 0 unspecified atom stereocenters. The van der Waals surface area contributed by atoms with Crippen LogP contribution in [0.2, 0.25) is 0 Å². The van der Waals surface area contributed by atoms with E-state index in [1.807, 2.05) is 66.6 Å². The van der Waals surface area contributed by atoms with Gasteiger partial charge in [-0.1, -0.05) is 46.3 Å². The van der Waals surface area contributed by atoms with Gasteiger partial charge in [0, 0.05) is 46.3 Å². The Morgan fingerprint density at radius 2 is 1.74 bits per heavy atom. The molecule has 0 bridgehead atoms. The van der Waals surface area contributed by atoms with Gasteiger partial charge in [0.05, 0.1) is 6.61 Å². The largest absolute Gasteiger partial charge is 0.494 e. The highest BCUT2D eigenvalue weighted by Crippen LogP contribution is 2.29. The number of aromatic nitrogens is 1. The first-order chi connectivity index (χ1) is 18.5. The number of ether oxygens (including phenoxy) is 1. The van der Waals surface area contributed by atoms with Gasteiger partial charge in [-0.2, -0.15) is 0 Å². The Labute approximate surface area is 231 Å². The molecule has 1 aliphatic rings. The highest BCUT2D eigenvalue weighted by atomic mass is 79.9. The van der Waals surface area contributed by atoms with Crippen LogP contribution in [0.4, 0.5) is 0 Å². The summed E-state index contributed by atoms with van der Waals surface area (Å²) in [5.74, 6) is 0.676. The summed E-state index contributed by atoms with van der Waals surface area (Å²) < 4.78 is 6.50. The van der Waals surface area contributed by atoms with E-state index in [1.165, 1.54) is 10.9 Å². The normalized spacial score (nSPS) is 12.9. The van der Waals surface area contributed by atoms with Crippen molar-refractivity contribution in [3.8, 4) is 5.75 Å². The van der Waals surface area contributed by atoms with Crippen LogP contribution in [0.25, 0.3) is 10.9 Å². The van der Waals surface area contributed by atoms with Crippen LogP contribution in [-0.4, -0.2) is 52.3 Å². The number of H-pyrrole nitrogens is 1. The molecule has 1 heterocycles. The van der Waals surface area contributed by atoms with Gasteiger partial charge in [0.1, 0.15) is 12.3 Å². The number of carbonyl (C=O) groups excluding carboxylic acids is 2. The van der Waals surface area contributed by atoms with Gasteiger partial charge in [0.15, 0.2) is 0 Å². The topological polar surface area (TPSA) is 65.6 Å². The second-order valence-electron chi connectivity index (χ2n) is 9.67. The number of carbonyl (C=O) groups is 2. The molecule has 1 fully saturated rings. The molecule has 7 heteroatoms. The molecule has 0 atom stereocenters. The van der Waals surface area contributed by atoms with Gasteiger partial charge in [-0.3, -0.25) is 9.59 Å². The van der Waals surface area contributed by atoms with Gasteiger partial charge >= 0.3 is 0 Å². The first kappa shape index (κ1) is 26.0. The molecule has 38 heavy (non-hydrogen) atoms. The molecule has 1 saturated carbocycles. The molecule has 4 aromatic rings. The summed E-state index contributed by atoms with van der Waals surface area (Å²) in [6, 6.07) is 23.5. The van der Waals surface area contributed by atoms with Crippen LogP contribution in [0, 0.1) is 0 Å². The van der Waals surface area contributed by atoms with Crippen molar-refractivity contribution < 1.29 is 14.3 Å². The fraction of sp³-hybridized carbons (Fsp3) is 0.290. The molecule has 1 aromatic heterocycles. The van der Waals surface area contributed by atoms with Crippen LogP contribution in [0.3, 0.4) is 0 Å². The number of hydrogen-bond donors (Lipinski definition) is 1. The summed E-state index contributed by atoms with van der Waals surface area (Å²) in [6.45, 7) is 3.67. The fourth-order valence-corrected chi connectivity index (χ4v) is 4.99. The van der Waals surface area contributed by atoms with E-state index in [4.69, 9.17) is 4.74 Å². The molecule has 0 saturated heterocycles. The Balaban J connectivity index is 1.34. The minimum Gasteiger partial charge on any atom is -0.494 e. The van der Waals surface area contributed by atoms with Crippen LogP contribution >= 0.6 is 15.9 Å². The summed E-state index contributed by atoms with van der Waals surface area (Å²) in [5.41, 5.74) is 3.89. The van der Waals surface area contributed by atoms with E-state index in [0.717, 1.165) is 40.6 Å². The van der Waals surface area contributed by atoms with Crippen LogP contribution in [0.5, 0.6) is 5.75 Å². The number of aromatic amines is 1. The minimum absolute atomic E-state index is 0.0453. The van der Waals surface area contributed by atoms with Crippen molar-refractivity contribution in [3.05, 3.63) is 100 Å². The van der Waals surface area contributed by atoms with Crippen LogP contribution in [0.1, 0.15) is 41.3 Å². The Bertz CT molecular complexity index is 1390. The summed E-state index contributed by atoms with van der Waals surface area (Å²) >= 11 is 3.43. The molecule has 1 N–H and O–H groups in total. The minimum atomic E-state index is -0.0917. The standard InChI is InChI=1S/C31H32BrN3O3/c1-2-38-27-15-7-22(8-16-27)20-34(18-17-24-19-33-29-6-4-3-5-28(24)29)30(36)21-35(26-13-14-26)31(37)23-9-11-25(32)12-10-23/h3-12,15-16,19,26,33H,2,13-14,17-18,20-21H2,1H3. The Morgan fingerprint density at radius 1 is 1.00 bits per heavy atom. The van der Waals surface area contributed by atoms with Crippen molar-refractivity contribution in [1.82, 2.24) is 14.8 Å².